The Hall–Kier alpha value is -2.89. The molecule has 2 heterocycles. The summed E-state index contributed by atoms with van der Waals surface area (Å²) in [4.78, 5) is 29.8. The van der Waals surface area contributed by atoms with Gasteiger partial charge in [-0.25, -0.2) is 0 Å². The summed E-state index contributed by atoms with van der Waals surface area (Å²) in [6, 6.07) is 9.01. The van der Waals surface area contributed by atoms with Crippen LogP contribution in [0.2, 0.25) is 0 Å². The molecule has 2 N–H and O–H groups in total. The van der Waals surface area contributed by atoms with Crippen molar-refractivity contribution in [1.29, 1.82) is 0 Å². The second-order valence-electron chi connectivity index (χ2n) is 6.67. The summed E-state index contributed by atoms with van der Waals surface area (Å²) >= 11 is 0. The maximum Gasteiger partial charge on any atom is 0.267 e. The van der Waals surface area contributed by atoms with E-state index in [-0.39, 0.29) is 17.7 Å². The van der Waals surface area contributed by atoms with Crippen LogP contribution in [0.4, 0.5) is 0 Å². The molecule has 136 valence electrons. The minimum absolute atomic E-state index is 0.0222. The zero-order valence-electron chi connectivity index (χ0n) is 15.1. The fourth-order valence-electron chi connectivity index (χ4n) is 3.09. The highest BCUT2D eigenvalue weighted by Gasteiger charge is 2.26. The number of hydrogen-bond acceptors (Lipinski definition) is 4. The summed E-state index contributed by atoms with van der Waals surface area (Å²) in [5.41, 5.74) is 8.40. The Morgan fingerprint density at radius 1 is 1.19 bits per heavy atom. The molecular formula is C20H23N3O3. The van der Waals surface area contributed by atoms with Gasteiger partial charge < -0.3 is 15.4 Å². The molecule has 0 radical (unpaired) electrons. The SMILES string of the molecule is Cc1ccc(C(=O)N2CCCC(Oc3ccnc(C(N)=O)c3)C2)cc1C. The highest BCUT2D eigenvalue weighted by atomic mass is 16.5. The van der Waals surface area contributed by atoms with Gasteiger partial charge in [0.05, 0.1) is 6.54 Å². The summed E-state index contributed by atoms with van der Waals surface area (Å²) in [5, 5.41) is 0. The highest BCUT2D eigenvalue weighted by molar-refractivity contribution is 5.94. The number of amides is 2. The van der Waals surface area contributed by atoms with Crippen molar-refractivity contribution in [3.05, 3.63) is 58.9 Å². The van der Waals surface area contributed by atoms with Crippen LogP contribution >= 0.6 is 0 Å². The van der Waals surface area contributed by atoms with Crippen LogP contribution in [-0.2, 0) is 0 Å². The Morgan fingerprint density at radius 3 is 2.73 bits per heavy atom. The van der Waals surface area contributed by atoms with E-state index in [2.05, 4.69) is 4.98 Å². The van der Waals surface area contributed by atoms with Gasteiger partial charge in [-0.2, -0.15) is 0 Å². The van der Waals surface area contributed by atoms with E-state index in [9.17, 15) is 9.59 Å². The quantitative estimate of drug-likeness (QED) is 0.915. The predicted molar refractivity (Wildman–Crippen MR) is 98.2 cm³/mol. The molecule has 1 aromatic heterocycles. The molecule has 0 aliphatic carbocycles. The van der Waals surface area contributed by atoms with Crippen LogP contribution in [0.5, 0.6) is 5.75 Å². The largest absolute Gasteiger partial charge is 0.488 e. The third kappa shape index (κ3) is 4.02. The van der Waals surface area contributed by atoms with E-state index in [1.54, 1.807) is 6.07 Å². The molecule has 0 saturated carbocycles. The van der Waals surface area contributed by atoms with Crippen LogP contribution in [-0.4, -0.2) is 40.9 Å². The van der Waals surface area contributed by atoms with Crippen molar-refractivity contribution in [3.8, 4) is 5.75 Å². The highest BCUT2D eigenvalue weighted by Crippen LogP contribution is 2.21. The molecule has 1 aliphatic rings. The van der Waals surface area contributed by atoms with E-state index in [4.69, 9.17) is 10.5 Å². The van der Waals surface area contributed by atoms with E-state index < -0.39 is 5.91 Å². The number of likely N-dealkylation sites (tertiary alicyclic amines) is 1. The number of hydrogen-bond donors (Lipinski definition) is 1. The lowest BCUT2D eigenvalue weighted by Crippen LogP contribution is -2.44. The molecule has 2 aromatic rings. The second kappa shape index (κ2) is 7.56. The third-order valence-electron chi connectivity index (χ3n) is 4.71. The fraction of sp³-hybridized carbons (Fsp3) is 0.350. The lowest BCUT2D eigenvalue weighted by atomic mass is 10.0. The van der Waals surface area contributed by atoms with Gasteiger partial charge in [0.25, 0.3) is 11.8 Å². The lowest BCUT2D eigenvalue weighted by molar-refractivity contribution is 0.0537. The van der Waals surface area contributed by atoms with E-state index in [0.29, 0.717) is 24.4 Å². The van der Waals surface area contributed by atoms with Crippen LogP contribution in [0.15, 0.2) is 36.5 Å². The average molecular weight is 353 g/mol. The normalized spacial score (nSPS) is 17.0. The number of carbonyl (C=O) groups is 2. The first-order valence-electron chi connectivity index (χ1n) is 8.73. The number of carbonyl (C=O) groups excluding carboxylic acids is 2. The molecular weight excluding hydrogens is 330 g/mol. The van der Waals surface area contributed by atoms with Crippen LogP contribution in [0.3, 0.4) is 0 Å². The average Bonchev–Trinajstić information content (AvgIpc) is 2.64. The molecule has 1 aliphatic heterocycles. The Kier molecular flexibility index (Phi) is 5.21. The zero-order chi connectivity index (χ0) is 18.7. The summed E-state index contributed by atoms with van der Waals surface area (Å²) in [5.74, 6) is -0.0288. The first-order chi connectivity index (χ1) is 12.4. The zero-order valence-corrected chi connectivity index (χ0v) is 15.1. The molecule has 1 fully saturated rings. The van der Waals surface area contributed by atoms with Crippen molar-refractivity contribution in [2.45, 2.75) is 32.8 Å². The maximum atomic E-state index is 12.8. The molecule has 1 unspecified atom stereocenters. The standard InChI is InChI=1S/C20H23N3O3/c1-13-5-6-15(10-14(13)2)20(25)23-9-3-4-17(12-23)26-16-7-8-22-18(11-16)19(21)24/h5-8,10-11,17H,3-4,9,12H2,1-2H3,(H2,21,24). The monoisotopic (exact) mass is 353 g/mol. The molecule has 1 saturated heterocycles. The van der Waals surface area contributed by atoms with Gasteiger partial charge in [-0.15, -0.1) is 0 Å². The topological polar surface area (TPSA) is 85.5 Å². The van der Waals surface area contributed by atoms with Crippen molar-refractivity contribution < 1.29 is 14.3 Å². The second-order valence-corrected chi connectivity index (χ2v) is 6.67. The fourth-order valence-corrected chi connectivity index (χ4v) is 3.09. The first kappa shape index (κ1) is 17.9. The molecule has 0 spiro atoms. The number of pyridine rings is 1. The van der Waals surface area contributed by atoms with E-state index in [1.807, 2.05) is 36.9 Å². The number of piperidine rings is 1. The maximum absolute atomic E-state index is 12.8. The summed E-state index contributed by atoms with van der Waals surface area (Å²) in [6.07, 6.45) is 3.10. The molecule has 2 amide bonds. The Morgan fingerprint density at radius 2 is 2.00 bits per heavy atom. The van der Waals surface area contributed by atoms with Gasteiger partial charge in [-0.3, -0.25) is 14.6 Å². The van der Waals surface area contributed by atoms with Crippen molar-refractivity contribution in [2.75, 3.05) is 13.1 Å². The number of rotatable bonds is 4. The first-order valence-corrected chi connectivity index (χ1v) is 8.73. The molecule has 0 bridgehead atoms. The van der Waals surface area contributed by atoms with Crippen molar-refractivity contribution >= 4 is 11.8 Å². The van der Waals surface area contributed by atoms with Gasteiger partial charge in [0.2, 0.25) is 0 Å². The minimum atomic E-state index is -0.592. The molecule has 6 heteroatoms. The number of nitrogens with zero attached hydrogens (tertiary/aromatic N) is 2. The molecule has 6 nitrogen and oxygen atoms in total. The van der Waals surface area contributed by atoms with Gasteiger partial charge in [0.1, 0.15) is 17.5 Å². The van der Waals surface area contributed by atoms with Crippen LogP contribution in [0, 0.1) is 13.8 Å². The van der Waals surface area contributed by atoms with Gasteiger partial charge in [-0.1, -0.05) is 6.07 Å². The van der Waals surface area contributed by atoms with Crippen molar-refractivity contribution in [1.82, 2.24) is 9.88 Å². The van der Waals surface area contributed by atoms with Crippen molar-refractivity contribution in [2.24, 2.45) is 5.73 Å². The van der Waals surface area contributed by atoms with Crippen molar-refractivity contribution in [3.63, 3.8) is 0 Å². The predicted octanol–water partition coefficient (Wildman–Crippen LogP) is 2.48. The molecule has 1 atom stereocenters. The van der Waals surface area contributed by atoms with Crippen LogP contribution < -0.4 is 10.5 Å². The van der Waals surface area contributed by atoms with Crippen LogP contribution in [0.25, 0.3) is 0 Å². The minimum Gasteiger partial charge on any atom is -0.488 e. The number of aryl methyl sites for hydroxylation is 2. The number of nitrogens with two attached hydrogens (primary N) is 1. The number of benzene rings is 1. The molecule has 26 heavy (non-hydrogen) atoms. The van der Waals surface area contributed by atoms with E-state index in [1.165, 1.54) is 17.8 Å². The molecule has 3 rings (SSSR count). The molecule has 1 aromatic carbocycles. The van der Waals surface area contributed by atoms with Gasteiger partial charge in [0, 0.05) is 24.4 Å². The van der Waals surface area contributed by atoms with E-state index >= 15 is 0 Å². The lowest BCUT2D eigenvalue weighted by Gasteiger charge is -2.33. The summed E-state index contributed by atoms with van der Waals surface area (Å²) in [7, 11) is 0. The number of ether oxygens (including phenoxy) is 1. The summed E-state index contributed by atoms with van der Waals surface area (Å²) in [6.45, 7) is 5.27. The Balaban J connectivity index is 1.69. The smallest absolute Gasteiger partial charge is 0.267 e. The number of primary amides is 1. The Labute approximate surface area is 153 Å². The third-order valence-corrected chi connectivity index (χ3v) is 4.71. The summed E-state index contributed by atoms with van der Waals surface area (Å²) < 4.78 is 5.96. The van der Waals surface area contributed by atoms with Gasteiger partial charge >= 0.3 is 0 Å². The number of aromatic nitrogens is 1. The van der Waals surface area contributed by atoms with Gasteiger partial charge in [0.15, 0.2) is 0 Å². The van der Waals surface area contributed by atoms with Gasteiger partial charge in [-0.05, 0) is 56.0 Å². The Bertz CT molecular complexity index is 835. The van der Waals surface area contributed by atoms with E-state index in [0.717, 1.165) is 18.4 Å². The van der Waals surface area contributed by atoms with Crippen LogP contribution in [0.1, 0.15) is 44.8 Å².